The largest absolute Gasteiger partial charge is 0.478 e. The zero-order valence-electron chi connectivity index (χ0n) is 10.4. The van der Waals surface area contributed by atoms with Crippen LogP contribution in [0.15, 0.2) is 47.3 Å². The van der Waals surface area contributed by atoms with Gasteiger partial charge in [0.25, 0.3) is 0 Å². The molecule has 0 amide bonds. The van der Waals surface area contributed by atoms with Crippen LogP contribution in [0.2, 0.25) is 0 Å². The SMILES string of the molecule is O=C(O)c1ccc2c(NCc3ccco3)ncnc2c1. The van der Waals surface area contributed by atoms with Crippen LogP contribution in [0.1, 0.15) is 16.1 Å². The Morgan fingerprint density at radius 2 is 2.20 bits per heavy atom. The molecule has 2 aromatic heterocycles. The molecule has 0 spiro atoms. The predicted molar refractivity (Wildman–Crippen MR) is 72.5 cm³/mol. The Bertz CT molecular complexity index is 753. The second-order valence-electron chi connectivity index (χ2n) is 4.19. The number of nitrogens with one attached hydrogen (secondary N) is 1. The average molecular weight is 269 g/mol. The summed E-state index contributed by atoms with van der Waals surface area (Å²) < 4.78 is 5.23. The predicted octanol–water partition coefficient (Wildman–Crippen LogP) is 2.53. The van der Waals surface area contributed by atoms with E-state index in [9.17, 15) is 4.79 Å². The Kier molecular flexibility index (Phi) is 3.04. The van der Waals surface area contributed by atoms with E-state index < -0.39 is 5.97 Å². The molecule has 100 valence electrons. The molecule has 6 heteroatoms. The van der Waals surface area contributed by atoms with E-state index in [0.717, 1.165) is 11.1 Å². The summed E-state index contributed by atoms with van der Waals surface area (Å²) in [4.78, 5) is 19.2. The number of benzene rings is 1. The van der Waals surface area contributed by atoms with E-state index in [1.165, 1.54) is 18.5 Å². The number of aromatic nitrogens is 2. The second-order valence-corrected chi connectivity index (χ2v) is 4.19. The van der Waals surface area contributed by atoms with E-state index in [2.05, 4.69) is 15.3 Å². The lowest BCUT2D eigenvalue weighted by molar-refractivity contribution is 0.0697. The highest BCUT2D eigenvalue weighted by Crippen LogP contribution is 2.21. The first-order chi connectivity index (χ1) is 9.74. The van der Waals surface area contributed by atoms with Crippen molar-refractivity contribution in [1.82, 2.24) is 9.97 Å². The summed E-state index contributed by atoms with van der Waals surface area (Å²) in [6, 6.07) is 8.43. The fourth-order valence-corrected chi connectivity index (χ4v) is 1.91. The van der Waals surface area contributed by atoms with Crippen LogP contribution in [0.3, 0.4) is 0 Å². The number of furan rings is 1. The minimum atomic E-state index is -0.976. The topological polar surface area (TPSA) is 88.2 Å². The van der Waals surface area contributed by atoms with Gasteiger partial charge < -0.3 is 14.8 Å². The van der Waals surface area contributed by atoms with E-state index in [4.69, 9.17) is 9.52 Å². The number of carboxylic acids is 1. The van der Waals surface area contributed by atoms with E-state index in [1.54, 1.807) is 12.3 Å². The molecule has 0 fully saturated rings. The molecule has 0 atom stereocenters. The highest BCUT2D eigenvalue weighted by atomic mass is 16.4. The molecule has 0 bridgehead atoms. The number of fused-ring (bicyclic) bond motifs is 1. The zero-order valence-corrected chi connectivity index (χ0v) is 10.4. The smallest absolute Gasteiger partial charge is 0.335 e. The van der Waals surface area contributed by atoms with Crippen molar-refractivity contribution in [2.75, 3.05) is 5.32 Å². The first-order valence-electron chi connectivity index (χ1n) is 5.98. The fraction of sp³-hybridized carbons (Fsp3) is 0.0714. The van der Waals surface area contributed by atoms with Gasteiger partial charge in [-0.05, 0) is 30.3 Å². The number of carbonyl (C=O) groups is 1. The molecule has 1 aromatic carbocycles. The van der Waals surface area contributed by atoms with Crippen LogP contribution in [-0.2, 0) is 6.54 Å². The normalized spacial score (nSPS) is 10.6. The van der Waals surface area contributed by atoms with Crippen molar-refractivity contribution in [2.24, 2.45) is 0 Å². The molecule has 0 saturated heterocycles. The maximum atomic E-state index is 10.9. The molecule has 20 heavy (non-hydrogen) atoms. The van der Waals surface area contributed by atoms with Crippen LogP contribution in [-0.4, -0.2) is 21.0 Å². The number of aromatic carboxylic acids is 1. The van der Waals surface area contributed by atoms with Crippen molar-refractivity contribution in [3.8, 4) is 0 Å². The molecule has 0 saturated carbocycles. The molecule has 3 aromatic rings. The molecule has 6 nitrogen and oxygen atoms in total. The van der Waals surface area contributed by atoms with Gasteiger partial charge in [-0.3, -0.25) is 0 Å². The van der Waals surface area contributed by atoms with Gasteiger partial charge in [-0.1, -0.05) is 0 Å². The van der Waals surface area contributed by atoms with Crippen molar-refractivity contribution in [1.29, 1.82) is 0 Å². The van der Waals surface area contributed by atoms with Crippen molar-refractivity contribution in [3.05, 3.63) is 54.2 Å². The summed E-state index contributed by atoms with van der Waals surface area (Å²) in [6.45, 7) is 0.500. The molecular formula is C14H11N3O3. The fourth-order valence-electron chi connectivity index (χ4n) is 1.91. The molecule has 3 rings (SSSR count). The summed E-state index contributed by atoms with van der Waals surface area (Å²) in [5.74, 6) is 0.456. The molecule has 0 aliphatic carbocycles. The highest BCUT2D eigenvalue weighted by Gasteiger charge is 2.08. The summed E-state index contributed by atoms with van der Waals surface area (Å²) in [7, 11) is 0. The van der Waals surface area contributed by atoms with Gasteiger partial charge in [-0.2, -0.15) is 0 Å². The Morgan fingerprint density at radius 3 is 2.95 bits per heavy atom. The standard InChI is InChI=1S/C14H11N3O3/c18-14(19)9-3-4-11-12(6-9)16-8-17-13(11)15-7-10-2-1-5-20-10/h1-6,8H,7H2,(H,18,19)(H,15,16,17). The number of rotatable bonds is 4. The van der Waals surface area contributed by atoms with Crippen LogP contribution in [0, 0.1) is 0 Å². The molecule has 2 heterocycles. The summed E-state index contributed by atoms with van der Waals surface area (Å²) in [5, 5.41) is 12.9. The lowest BCUT2D eigenvalue weighted by atomic mass is 10.1. The maximum Gasteiger partial charge on any atom is 0.335 e. The van der Waals surface area contributed by atoms with Gasteiger partial charge in [0.1, 0.15) is 17.9 Å². The van der Waals surface area contributed by atoms with Crippen molar-refractivity contribution < 1.29 is 14.3 Å². The molecule has 0 radical (unpaired) electrons. The van der Waals surface area contributed by atoms with Gasteiger partial charge in [0.05, 0.1) is 23.9 Å². The minimum Gasteiger partial charge on any atom is -0.478 e. The lowest BCUT2D eigenvalue weighted by Gasteiger charge is -2.07. The summed E-state index contributed by atoms with van der Waals surface area (Å²) in [5.41, 5.74) is 0.787. The van der Waals surface area contributed by atoms with E-state index >= 15 is 0 Å². The molecule has 2 N–H and O–H groups in total. The Balaban J connectivity index is 1.93. The molecular weight excluding hydrogens is 258 g/mol. The first-order valence-corrected chi connectivity index (χ1v) is 5.98. The lowest BCUT2D eigenvalue weighted by Crippen LogP contribution is -2.02. The zero-order chi connectivity index (χ0) is 13.9. The van der Waals surface area contributed by atoms with Gasteiger partial charge in [-0.25, -0.2) is 14.8 Å². The average Bonchev–Trinajstić information content (AvgIpc) is 2.97. The number of nitrogens with zero attached hydrogens (tertiary/aromatic N) is 2. The quantitative estimate of drug-likeness (QED) is 0.756. The Labute approximate surface area is 114 Å². The molecule has 0 aliphatic rings. The van der Waals surface area contributed by atoms with Gasteiger partial charge >= 0.3 is 5.97 Å². The van der Waals surface area contributed by atoms with Gasteiger partial charge in [0, 0.05) is 5.39 Å². The number of carboxylic acid groups (broad SMARTS) is 1. The van der Waals surface area contributed by atoms with E-state index in [-0.39, 0.29) is 5.56 Å². The number of hydrogen-bond donors (Lipinski definition) is 2. The van der Waals surface area contributed by atoms with Crippen LogP contribution in [0.25, 0.3) is 10.9 Å². The van der Waals surface area contributed by atoms with Crippen LogP contribution in [0.5, 0.6) is 0 Å². The van der Waals surface area contributed by atoms with Gasteiger partial charge in [-0.15, -0.1) is 0 Å². The number of hydrogen-bond acceptors (Lipinski definition) is 5. The monoisotopic (exact) mass is 269 g/mol. The minimum absolute atomic E-state index is 0.202. The van der Waals surface area contributed by atoms with Gasteiger partial charge in [0.2, 0.25) is 0 Å². The number of anilines is 1. The molecule has 0 aliphatic heterocycles. The van der Waals surface area contributed by atoms with Gasteiger partial charge in [0.15, 0.2) is 0 Å². The second kappa shape index (κ2) is 5.00. The summed E-state index contributed by atoms with van der Waals surface area (Å²) in [6.07, 6.45) is 3.01. The third-order valence-corrected chi connectivity index (χ3v) is 2.89. The van der Waals surface area contributed by atoms with E-state index in [1.807, 2.05) is 12.1 Å². The third kappa shape index (κ3) is 2.31. The van der Waals surface area contributed by atoms with Crippen molar-refractivity contribution in [3.63, 3.8) is 0 Å². The third-order valence-electron chi connectivity index (χ3n) is 2.89. The van der Waals surface area contributed by atoms with Crippen LogP contribution >= 0.6 is 0 Å². The Hall–Kier alpha value is -2.89. The van der Waals surface area contributed by atoms with Crippen molar-refractivity contribution in [2.45, 2.75) is 6.54 Å². The summed E-state index contributed by atoms with van der Waals surface area (Å²) >= 11 is 0. The maximum absolute atomic E-state index is 10.9. The highest BCUT2D eigenvalue weighted by molar-refractivity contribution is 5.96. The first kappa shape index (κ1) is 12.2. The van der Waals surface area contributed by atoms with E-state index in [0.29, 0.717) is 17.9 Å². The molecule has 0 unspecified atom stereocenters. The van der Waals surface area contributed by atoms with Crippen molar-refractivity contribution >= 4 is 22.7 Å². The van der Waals surface area contributed by atoms with Crippen LogP contribution < -0.4 is 5.32 Å². The van der Waals surface area contributed by atoms with Crippen LogP contribution in [0.4, 0.5) is 5.82 Å². The Morgan fingerprint density at radius 1 is 1.30 bits per heavy atom.